The molecule has 2 aromatic carbocycles. The van der Waals surface area contributed by atoms with Crippen molar-refractivity contribution in [2.24, 2.45) is 0 Å². The summed E-state index contributed by atoms with van der Waals surface area (Å²) >= 11 is 0. The molecule has 28 heavy (non-hydrogen) atoms. The third-order valence-electron chi connectivity index (χ3n) is 4.22. The fraction of sp³-hybridized carbons (Fsp3) is 0.263. The fourth-order valence-corrected chi connectivity index (χ4v) is 3.58. The highest BCUT2D eigenvalue weighted by Crippen LogP contribution is 2.22. The average Bonchev–Trinajstić information content (AvgIpc) is 3.45. The molecule has 1 aliphatic rings. The number of hydrogen-bond donors (Lipinski definition) is 3. The number of rotatable bonds is 7. The van der Waals surface area contributed by atoms with Crippen LogP contribution in [0.4, 0.5) is 10.1 Å². The zero-order valence-electron chi connectivity index (χ0n) is 15.2. The van der Waals surface area contributed by atoms with Gasteiger partial charge in [0, 0.05) is 11.6 Å². The monoisotopic (exact) mass is 405 g/mol. The third kappa shape index (κ3) is 5.07. The Kier molecular flexibility index (Phi) is 5.64. The molecule has 0 aliphatic heterocycles. The van der Waals surface area contributed by atoms with E-state index in [1.807, 2.05) is 0 Å². The van der Waals surface area contributed by atoms with Crippen molar-refractivity contribution in [2.45, 2.75) is 30.7 Å². The summed E-state index contributed by atoms with van der Waals surface area (Å²) in [4.78, 5) is 23.9. The van der Waals surface area contributed by atoms with E-state index in [1.54, 1.807) is 19.1 Å². The van der Waals surface area contributed by atoms with Gasteiger partial charge in [0.25, 0.3) is 15.9 Å². The summed E-state index contributed by atoms with van der Waals surface area (Å²) in [6.07, 6.45) is 1.91. The van der Waals surface area contributed by atoms with E-state index in [9.17, 15) is 22.4 Å². The van der Waals surface area contributed by atoms with Gasteiger partial charge in [-0.05, 0) is 61.7 Å². The van der Waals surface area contributed by atoms with Crippen LogP contribution < -0.4 is 15.4 Å². The minimum Gasteiger partial charge on any atom is -0.352 e. The summed E-state index contributed by atoms with van der Waals surface area (Å²) < 4.78 is 40.4. The lowest BCUT2D eigenvalue weighted by Gasteiger charge is -2.12. The quantitative estimate of drug-likeness (QED) is 0.655. The van der Waals surface area contributed by atoms with Crippen molar-refractivity contribution < 1.29 is 22.4 Å². The molecule has 3 N–H and O–H groups in total. The maximum atomic E-state index is 13.0. The number of carbonyl (C=O) groups is 2. The number of amides is 2. The largest absolute Gasteiger partial charge is 0.352 e. The molecule has 0 unspecified atom stereocenters. The lowest BCUT2D eigenvalue weighted by molar-refractivity contribution is -0.120. The van der Waals surface area contributed by atoms with Crippen LogP contribution >= 0.6 is 0 Å². The first-order valence-electron chi connectivity index (χ1n) is 8.71. The Labute approximate surface area is 162 Å². The van der Waals surface area contributed by atoms with E-state index in [-0.39, 0.29) is 34.6 Å². The number of carbonyl (C=O) groups excluding carboxylic acids is 2. The molecule has 1 fully saturated rings. The number of benzene rings is 2. The van der Waals surface area contributed by atoms with E-state index in [0.29, 0.717) is 5.56 Å². The molecule has 7 nitrogen and oxygen atoms in total. The van der Waals surface area contributed by atoms with Crippen LogP contribution in [0.15, 0.2) is 47.4 Å². The summed E-state index contributed by atoms with van der Waals surface area (Å²) in [5, 5.41) is 5.27. The van der Waals surface area contributed by atoms with E-state index in [2.05, 4.69) is 15.4 Å². The van der Waals surface area contributed by atoms with Crippen LogP contribution in [0, 0.1) is 12.7 Å². The molecule has 0 atom stereocenters. The van der Waals surface area contributed by atoms with Crippen LogP contribution in [0.3, 0.4) is 0 Å². The lowest BCUT2D eigenvalue weighted by atomic mass is 10.1. The van der Waals surface area contributed by atoms with E-state index in [0.717, 1.165) is 37.1 Å². The highest BCUT2D eigenvalue weighted by Gasteiger charge is 2.23. The molecule has 2 amide bonds. The number of hydrogen-bond acceptors (Lipinski definition) is 4. The molecule has 3 rings (SSSR count). The van der Waals surface area contributed by atoms with Crippen molar-refractivity contribution in [3.8, 4) is 0 Å². The zero-order valence-corrected chi connectivity index (χ0v) is 16.0. The van der Waals surface area contributed by atoms with Gasteiger partial charge in [0.05, 0.1) is 17.1 Å². The molecular weight excluding hydrogens is 385 g/mol. The molecule has 0 radical (unpaired) electrons. The van der Waals surface area contributed by atoms with Crippen molar-refractivity contribution in [3.05, 3.63) is 59.4 Å². The van der Waals surface area contributed by atoms with Gasteiger partial charge in [-0.1, -0.05) is 6.07 Å². The predicted molar refractivity (Wildman–Crippen MR) is 102 cm³/mol. The van der Waals surface area contributed by atoms with Crippen LogP contribution in [0.25, 0.3) is 0 Å². The second-order valence-corrected chi connectivity index (χ2v) is 8.30. The molecule has 1 aliphatic carbocycles. The first-order valence-corrected chi connectivity index (χ1v) is 10.2. The molecule has 0 spiro atoms. The Hall–Kier alpha value is -2.94. The van der Waals surface area contributed by atoms with Crippen molar-refractivity contribution in [3.63, 3.8) is 0 Å². The molecule has 0 saturated heterocycles. The zero-order chi connectivity index (χ0) is 20.3. The minimum absolute atomic E-state index is 0.0973. The Balaban J connectivity index is 1.70. The standard InChI is InChI=1S/C19H20FN3O4S/c1-12-2-3-13(19(25)21-11-18(24)22-15-6-7-15)10-17(12)23-28(26,27)16-8-4-14(20)5-9-16/h2-5,8-10,15,23H,6-7,11H2,1H3,(H,21,25)(H,22,24). The molecule has 0 bridgehead atoms. The predicted octanol–water partition coefficient (Wildman–Crippen LogP) is 1.94. The highest BCUT2D eigenvalue weighted by atomic mass is 32.2. The fourth-order valence-electron chi connectivity index (χ4n) is 2.46. The molecule has 2 aromatic rings. The number of halogens is 1. The molecule has 148 valence electrons. The van der Waals surface area contributed by atoms with Crippen LogP contribution in [0.2, 0.25) is 0 Å². The van der Waals surface area contributed by atoms with Gasteiger partial charge in [-0.2, -0.15) is 0 Å². The molecule has 0 heterocycles. The van der Waals surface area contributed by atoms with Crippen LogP contribution in [0.1, 0.15) is 28.8 Å². The lowest BCUT2D eigenvalue weighted by Crippen LogP contribution is -2.37. The topological polar surface area (TPSA) is 104 Å². The summed E-state index contributed by atoms with van der Waals surface area (Å²) in [6.45, 7) is 1.53. The van der Waals surface area contributed by atoms with E-state index >= 15 is 0 Å². The third-order valence-corrected chi connectivity index (χ3v) is 5.60. The summed E-state index contributed by atoms with van der Waals surface area (Å²) in [5.41, 5.74) is 1.04. The summed E-state index contributed by atoms with van der Waals surface area (Å²) in [7, 11) is -3.94. The van der Waals surface area contributed by atoms with E-state index in [4.69, 9.17) is 0 Å². The van der Waals surface area contributed by atoms with Crippen LogP contribution in [-0.2, 0) is 14.8 Å². The second kappa shape index (κ2) is 7.97. The SMILES string of the molecule is Cc1ccc(C(=O)NCC(=O)NC2CC2)cc1NS(=O)(=O)c1ccc(F)cc1. The number of aryl methyl sites for hydroxylation is 1. The normalized spacial score (nSPS) is 13.6. The first-order chi connectivity index (χ1) is 13.2. The van der Waals surface area contributed by atoms with Crippen molar-refractivity contribution in [1.82, 2.24) is 10.6 Å². The molecular formula is C19H20FN3O4S. The van der Waals surface area contributed by atoms with Gasteiger partial charge in [-0.3, -0.25) is 14.3 Å². The van der Waals surface area contributed by atoms with Gasteiger partial charge in [-0.25, -0.2) is 12.8 Å². The van der Waals surface area contributed by atoms with E-state index in [1.165, 1.54) is 6.07 Å². The van der Waals surface area contributed by atoms with Gasteiger partial charge in [0.1, 0.15) is 5.82 Å². The summed E-state index contributed by atoms with van der Waals surface area (Å²) in [5.74, 6) is -1.30. The van der Waals surface area contributed by atoms with Crippen molar-refractivity contribution in [1.29, 1.82) is 0 Å². The van der Waals surface area contributed by atoms with E-state index < -0.39 is 21.7 Å². The number of nitrogens with one attached hydrogen (secondary N) is 3. The Bertz CT molecular complexity index is 1000. The van der Waals surface area contributed by atoms with Crippen molar-refractivity contribution in [2.75, 3.05) is 11.3 Å². The number of sulfonamides is 1. The van der Waals surface area contributed by atoms with Gasteiger partial charge in [-0.15, -0.1) is 0 Å². The highest BCUT2D eigenvalue weighted by molar-refractivity contribution is 7.92. The maximum absolute atomic E-state index is 13.0. The van der Waals surface area contributed by atoms with Gasteiger partial charge in [0.2, 0.25) is 5.91 Å². The maximum Gasteiger partial charge on any atom is 0.261 e. The summed E-state index contributed by atoms with van der Waals surface area (Å²) in [6, 6.07) is 9.15. The Morgan fingerprint density at radius 1 is 1.11 bits per heavy atom. The van der Waals surface area contributed by atoms with Gasteiger partial charge in [0.15, 0.2) is 0 Å². The number of anilines is 1. The van der Waals surface area contributed by atoms with Gasteiger partial charge < -0.3 is 10.6 Å². The smallest absolute Gasteiger partial charge is 0.261 e. The molecule has 9 heteroatoms. The Morgan fingerprint density at radius 3 is 2.43 bits per heavy atom. The van der Waals surface area contributed by atoms with Crippen molar-refractivity contribution >= 4 is 27.5 Å². The van der Waals surface area contributed by atoms with Gasteiger partial charge >= 0.3 is 0 Å². The second-order valence-electron chi connectivity index (χ2n) is 6.61. The van der Waals surface area contributed by atoms with Crippen LogP contribution in [0.5, 0.6) is 0 Å². The molecule has 1 saturated carbocycles. The molecule has 0 aromatic heterocycles. The minimum atomic E-state index is -3.94. The van der Waals surface area contributed by atoms with Crippen LogP contribution in [-0.4, -0.2) is 32.8 Å². The first kappa shape index (κ1) is 19.8. The average molecular weight is 405 g/mol. The Morgan fingerprint density at radius 2 is 1.79 bits per heavy atom.